The van der Waals surface area contributed by atoms with Gasteiger partial charge >= 0.3 is 6.03 Å². The van der Waals surface area contributed by atoms with Crippen LogP contribution in [0.3, 0.4) is 0 Å². The van der Waals surface area contributed by atoms with Gasteiger partial charge in [-0.3, -0.25) is 4.79 Å². The molecule has 0 heterocycles. The Kier molecular flexibility index (Phi) is 6.44. The lowest BCUT2D eigenvalue weighted by Gasteiger charge is -2.29. The molecular weight excluding hydrogens is 290 g/mol. The number of anilines is 1. The molecule has 3 N–H and O–H groups in total. The molecule has 126 valence electrons. The zero-order chi connectivity index (χ0) is 16.7. The molecule has 0 saturated heterocycles. The molecule has 1 saturated carbocycles. The smallest absolute Gasteiger partial charge is 0.319 e. The Morgan fingerprint density at radius 3 is 2.74 bits per heavy atom. The number of rotatable bonds is 5. The average Bonchev–Trinajstić information content (AvgIpc) is 2.55. The van der Waals surface area contributed by atoms with Crippen molar-refractivity contribution in [1.29, 1.82) is 0 Å². The first-order valence-corrected chi connectivity index (χ1v) is 8.56. The zero-order valence-corrected chi connectivity index (χ0v) is 14.0. The highest BCUT2D eigenvalue weighted by Gasteiger charge is 2.22. The predicted molar refractivity (Wildman–Crippen MR) is 92.6 cm³/mol. The molecule has 2 atom stereocenters. The molecule has 1 aromatic rings. The Morgan fingerprint density at radius 2 is 2.00 bits per heavy atom. The lowest BCUT2D eigenvalue weighted by Crippen LogP contribution is -2.43. The van der Waals surface area contributed by atoms with Crippen LogP contribution in [0.25, 0.3) is 0 Å². The van der Waals surface area contributed by atoms with E-state index in [1.165, 1.54) is 12.8 Å². The Hall–Kier alpha value is -2.04. The summed E-state index contributed by atoms with van der Waals surface area (Å²) in [5.74, 6) is 0.400. The Morgan fingerprint density at radius 1 is 1.22 bits per heavy atom. The molecule has 5 nitrogen and oxygen atoms in total. The quantitative estimate of drug-likeness (QED) is 0.777. The van der Waals surface area contributed by atoms with Gasteiger partial charge in [0, 0.05) is 23.8 Å². The summed E-state index contributed by atoms with van der Waals surface area (Å²) in [6.07, 6.45) is 5.51. The van der Waals surface area contributed by atoms with Crippen LogP contribution >= 0.6 is 0 Å². The third-order valence-electron chi connectivity index (χ3n) is 4.35. The highest BCUT2D eigenvalue weighted by atomic mass is 16.2. The molecule has 0 radical (unpaired) electrons. The third kappa shape index (κ3) is 5.27. The van der Waals surface area contributed by atoms with Crippen molar-refractivity contribution in [2.45, 2.75) is 52.0 Å². The van der Waals surface area contributed by atoms with E-state index in [9.17, 15) is 9.59 Å². The largest absolute Gasteiger partial charge is 0.352 e. The standard InChI is InChI=1S/C18H27N3O2/c1-3-11-19-17(22)14-8-6-9-15(12-14)20-18(23)21-16-10-5-4-7-13(16)2/h6,8-9,12-13,16H,3-5,7,10-11H2,1-2H3,(H,19,22)(H2,20,21,23). The van der Waals surface area contributed by atoms with Gasteiger partial charge in [0.1, 0.15) is 0 Å². The molecule has 2 unspecified atom stereocenters. The van der Waals surface area contributed by atoms with E-state index in [4.69, 9.17) is 0 Å². The van der Waals surface area contributed by atoms with Gasteiger partial charge in [-0.1, -0.05) is 32.8 Å². The molecule has 2 rings (SSSR count). The number of hydrogen-bond donors (Lipinski definition) is 3. The molecule has 0 spiro atoms. The molecule has 1 aliphatic rings. The summed E-state index contributed by atoms with van der Waals surface area (Å²) in [5, 5.41) is 8.71. The van der Waals surface area contributed by atoms with Crippen LogP contribution in [0.2, 0.25) is 0 Å². The topological polar surface area (TPSA) is 70.2 Å². The monoisotopic (exact) mass is 317 g/mol. The maximum absolute atomic E-state index is 12.2. The fourth-order valence-electron chi connectivity index (χ4n) is 2.95. The molecule has 0 aromatic heterocycles. The Bertz CT molecular complexity index is 545. The van der Waals surface area contributed by atoms with E-state index in [1.54, 1.807) is 24.3 Å². The second-order valence-corrected chi connectivity index (χ2v) is 6.30. The molecule has 23 heavy (non-hydrogen) atoms. The number of urea groups is 1. The normalized spacial score (nSPS) is 20.6. The number of benzene rings is 1. The van der Waals surface area contributed by atoms with Crippen LogP contribution in [0.15, 0.2) is 24.3 Å². The van der Waals surface area contributed by atoms with Gasteiger partial charge in [-0.2, -0.15) is 0 Å². The summed E-state index contributed by atoms with van der Waals surface area (Å²) in [7, 11) is 0. The van der Waals surface area contributed by atoms with Crippen molar-refractivity contribution in [2.24, 2.45) is 5.92 Å². The zero-order valence-electron chi connectivity index (χ0n) is 14.0. The first-order valence-electron chi connectivity index (χ1n) is 8.56. The van der Waals surface area contributed by atoms with Crippen LogP contribution in [0, 0.1) is 5.92 Å². The van der Waals surface area contributed by atoms with Crippen LogP contribution in [0.1, 0.15) is 56.3 Å². The second kappa shape index (κ2) is 8.56. The van der Waals surface area contributed by atoms with Crippen LogP contribution in [0.4, 0.5) is 10.5 Å². The van der Waals surface area contributed by atoms with Crippen molar-refractivity contribution in [3.63, 3.8) is 0 Å². The minimum Gasteiger partial charge on any atom is -0.352 e. The Labute approximate surface area is 138 Å². The maximum Gasteiger partial charge on any atom is 0.319 e. The van der Waals surface area contributed by atoms with Crippen LogP contribution in [-0.2, 0) is 0 Å². The molecule has 0 aliphatic heterocycles. The third-order valence-corrected chi connectivity index (χ3v) is 4.35. The lowest BCUT2D eigenvalue weighted by molar-refractivity contribution is 0.0953. The molecule has 1 aromatic carbocycles. The van der Waals surface area contributed by atoms with Gasteiger partial charge in [-0.25, -0.2) is 4.79 Å². The van der Waals surface area contributed by atoms with Gasteiger partial charge in [0.25, 0.3) is 5.91 Å². The van der Waals surface area contributed by atoms with E-state index in [0.717, 1.165) is 19.3 Å². The summed E-state index contributed by atoms with van der Waals surface area (Å²) in [5.41, 5.74) is 1.19. The second-order valence-electron chi connectivity index (χ2n) is 6.30. The predicted octanol–water partition coefficient (Wildman–Crippen LogP) is 3.53. The van der Waals surface area contributed by atoms with E-state index in [-0.39, 0.29) is 18.0 Å². The average molecular weight is 317 g/mol. The summed E-state index contributed by atoms with van der Waals surface area (Å²) in [6.45, 7) is 4.84. The number of amides is 3. The number of carbonyl (C=O) groups excluding carboxylic acids is 2. The van der Waals surface area contributed by atoms with Crippen molar-refractivity contribution < 1.29 is 9.59 Å². The number of carbonyl (C=O) groups is 2. The first-order chi connectivity index (χ1) is 11.1. The van der Waals surface area contributed by atoms with Crippen molar-refractivity contribution >= 4 is 17.6 Å². The number of nitrogens with one attached hydrogen (secondary N) is 3. The fourth-order valence-corrected chi connectivity index (χ4v) is 2.95. The highest BCUT2D eigenvalue weighted by molar-refractivity contribution is 5.96. The maximum atomic E-state index is 12.2. The van der Waals surface area contributed by atoms with Crippen molar-refractivity contribution in [3.05, 3.63) is 29.8 Å². The summed E-state index contributed by atoms with van der Waals surface area (Å²) in [6, 6.07) is 7.06. The molecule has 1 fully saturated rings. The van der Waals surface area contributed by atoms with E-state index < -0.39 is 0 Å². The van der Waals surface area contributed by atoms with Crippen LogP contribution in [0.5, 0.6) is 0 Å². The van der Waals surface area contributed by atoms with Gasteiger partial charge < -0.3 is 16.0 Å². The minimum atomic E-state index is -0.199. The number of hydrogen-bond acceptors (Lipinski definition) is 2. The SMILES string of the molecule is CCCNC(=O)c1cccc(NC(=O)NC2CCCCC2C)c1. The first kappa shape index (κ1) is 17.3. The lowest BCUT2D eigenvalue weighted by atomic mass is 9.86. The van der Waals surface area contributed by atoms with Gasteiger partial charge in [0.2, 0.25) is 0 Å². The Balaban J connectivity index is 1.91. The summed E-state index contributed by atoms with van der Waals surface area (Å²) < 4.78 is 0. The minimum absolute atomic E-state index is 0.114. The molecule has 3 amide bonds. The van der Waals surface area contributed by atoms with Crippen molar-refractivity contribution in [3.8, 4) is 0 Å². The van der Waals surface area contributed by atoms with E-state index >= 15 is 0 Å². The highest BCUT2D eigenvalue weighted by Crippen LogP contribution is 2.23. The molecule has 0 bridgehead atoms. The molecule has 1 aliphatic carbocycles. The fraction of sp³-hybridized carbons (Fsp3) is 0.556. The van der Waals surface area contributed by atoms with Crippen LogP contribution < -0.4 is 16.0 Å². The van der Waals surface area contributed by atoms with Gasteiger partial charge in [0.15, 0.2) is 0 Å². The van der Waals surface area contributed by atoms with E-state index in [1.807, 2.05) is 6.92 Å². The molecule has 5 heteroatoms. The molecular formula is C18H27N3O2. The van der Waals surface area contributed by atoms with Crippen molar-refractivity contribution in [1.82, 2.24) is 10.6 Å². The van der Waals surface area contributed by atoms with Crippen LogP contribution in [-0.4, -0.2) is 24.5 Å². The summed E-state index contributed by atoms with van der Waals surface area (Å²) >= 11 is 0. The van der Waals surface area contributed by atoms with Gasteiger partial charge in [-0.05, 0) is 43.4 Å². The van der Waals surface area contributed by atoms with E-state index in [2.05, 4.69) is 22.9 Å². The van der Waals surface area contributed by atoms with Gasteiger partial charge in [0.05, 0.1) is 0 Å². The summed E-state index contributed by atoms with van der Waals surface area (Å²) in [4.78, 5) is 24.1. The van der Waals surface area contributed by atoms with Crippen molar-refractivity contribution in [2.75, 3.05) is 11.9 Å². The van der Waals surface area contributed by atoms with E-state index in [0.29, 0.717) is 23.7 Å². The van der Waals surface area contributed by atoms with Gasteiger partial charge in [-0.15, -0.1) is 0 Å².